The molecular formula is C19H21F2NO3S. The second kappa shape index (κ2) is 8.14. The summed E-state index contributed by atoms with van der Waals surface area (Å²) in [4.78, 5) is 0. The van der Waals surface area contributed by atoms with Crippen molar-refractivity contribution >= 4 is 10.0 Å². The SMILES string of the molecule is O=S(=O)(Cc1ccc(F)cc1)N1CCCC(COc2ccccc2F)C1. The molecule has 0 bridgehead atoms. The Hall–Kier alpha value is -1.99. The molecule has 140 valence electrons. The Labute approximate surface area is 152 Å². The molecule has 0 radical (unpaired) electrons. The van der Waals surface area contributed by atoms with Gasteiger partial charge in [-0.15, -0.1) is 0 Å². The largest absolute Gasteiger partial charge is 0.490 e. The topological polar surface area (TPSA) is 46.6 Å². The Bertz CT molecular complexity index is 840. The summed E-state index contributed by atoms with van der Waals surface area (Å²) < 4.78 is 58.9. The van der Waals surface area contributed by atoms with Crippen LogP contribution in [0.15, 0.2) is 48.5 Å². The third-order valence-corrected chi connectivity index (χ3v) is 6.27. The van der Waals surface area contributed by atoms with Crippen LogP contribution in [0, 0.1) is 17.6 Å². The number of piperidine rings is 1. The van der Waals surface area contributed by atoms with Crippen molar-refractivity contribution in [1.29, 1.82) is 0 Å². The lowest BCUT2D eigenvalue weighted by Crippen LogP contribution is -2.42. The fourth-order valence-corrected chi connectivity index (χ4v) is 4.71. The van der Waals surface area contributed by atoms with E-state index in [2.05, 4.69) is 0 Å². The number of nitrogens with zero attached hydrogens (tertiary/aromatic N) is 1. The van der Waals surface area contributed by atoms with Gasteiger partial charge < -0.3 is 4.74 Å². The number of rotatable bonds is 6. The van der Waals surface area contributed by atoms with Crippen molar-refractivity contribution in [3.8, 4) is 5.75 Å². The lowest BCUT2D eigenvalue weighted by molar-refractivity contribution is 0.176. The molecule has 0 aromatic heterocycles. The summed E-state index contributed by atoms with van der Waals surface area (Å²) in [5.41, 5.74) is 0.552. The molecule has 7 heteroatoms. The van der Waals surface area contributed by atoms with Gasteiger partial charge in [0.1, 0.15) is 5.82 Å². The first-order valence-corrected chi connectivity index (χ1v) is 10.1. The van der Waals surface area contributed by atoms with Gasteiger partial charge in [-0.2, -0.15) is 0 Å². The third-order valence-electron chi connectivity index (χ3n) is 4.45. The molecule has 3 rings (SSSR count). The van der Waals surface area contributed by atoms with E-state index in [9.17, 15) is 17.2 Å². The van der Waals surface area contributed by atoms with Crippen molar-refractivity contribution < 1.29 is 21.9 Å². The van der Waals surface area contributed by atoms with Gasteiger partial charge in [0.05, 0.1) is 12.4 Å². The zero-order chi connectivity index (χ0) is 18.6. The highest BCUT2D eigenvalue weighted by atomic mass is 32.2. The number of ether oxygens (including phenoxy) is 1. The molecule has 1 unspecified atom stereocenters. The van der Waals surface area contributed by atoms with Gasteiger partial charge in [-0.25, -0.2) is 21.5 Å². The molecule has 4 nitrogen and oxygen atoms in total. The first kappa shape index (κ1) is 18.8. The zero-order valence-corrected chi connectivity index (χ0v) is 15.1. The molecule has 1 heterocycles. The van der Waals surface area contributed by atoms with E-state index in [0.717, 1.165) is 12.8 Å². The van der Waals surface area contributed by atoms with E-state index < -0.39 is 21.7 Å². The van der Waals surface area contributed by atoms with E-state index in [1.807, 2.05) is 0 Å². The highest BCUT2D eigenvalue weighted by molar-refractivity contribution is 7.88. The minimum atomic E-state index is -3.49. The maximum atomic E-state index is 13.6. The van der Waals surface area contributed by atoms with Crippen molar-refractivity contribution in [3.05, 3.63) is 65.7 Å². The van der Waals surface area contributed by atoms with Crippen LogP contribution in [0.4, 0.5) is 8.78 Å². The number of benzene rings is 2. The molecular weight excluding hydrogens is 360 g/mol. The first-order valence-electron chi connectivity index (χ1n) is 8.53. The molecule has 1 saturated heterocycles. The predicted molar refractivity (Wildman–Crippen MR) is 95.2 cm³/mol. The van der Waals surface area contributed by atoms with Crippen LogP contribution >= 0.6 is 0 Å². The van der Waals surface area contributed by atoms with E-state index in [4.69, 9.17) is 4.74 Å². The Balaban J connectivity index is 1.60. The lowest BCUT2D eigenvalue weighted by atomic mass is 10.0. The summed E-state index contributed by atoms with van der Waals surface area (Å²) in [5, 5.41) is 0. The normalized spacial score (nSPS) is 18.6. The van der Waals surface area contributed by atoms with E-state index in [0.29, 0.717) is 18.7 Å². The van der Waals surface area contributed by atoms with E-state index in [1.54, 1.807) is 18.2 Å². The summed E-state index contributed by atoms with van der Waals surface area (Å²) >= 11 is 0. The highest BCUT2D eigenvalue weighted by Crippen LogP contribution is 2.23. The molecule has 1 aliphatic heterocycles. The average Bonchev–Trinajstić information content (AvgIpc) is 2.63. The Kier molecular flexibility index (Phi) is 5.88. The molecule has 2 aromatic rings. The van der Waals surface area contributed by atoms with Crippen molar-refractivity contribution in [2.75, 3.05) is 19.7 Å². The van der Waals surface area contributed by atoms with Gasteiger partial charge in [-0.05, 0) is 42.7 Å². The maximum absolute atomic E-state index is 13.6. The fourth-order valence-electron chi connectivity index (χ4n) is 3.07. The summed E-state index contributed by atoms with van der Waals surface area (Å²) in [6.07, 6.45) is 1.56. The van der Waals surface area contributed by atoms with Crippen molar-refractivity contribution in [3.63, 3.8) is 0 Å². The van der Waals surface area contributed by atoms with Crippen molar-refractivity contribution in [2.24, 2.45) is 5.92 Å². The quantitative estimate of drug-likeness (QED) is 0.768. The standard InChI is InChI=1S/C19H21F2NO3S/c20-17-9-7-15(8-10-17)14-26(23,24)22-11-3-4-16(12-22)13-25-19-6-2-1-5-18(19)21/h1-2,5-10,16H,3-4,11-14H2. The molecule has 26 heavy (non-hydrogen) atoms. The van der Waals surface area contributed by atoms with E-state index in [-0.39, 0.29) is 24.0 Å². The van der Waals surface area contributed by atoms with Crippen LogP contribution in [-0.4, -0.2) is 32.4 Å². The molecule has 0 aliphatic carbocycles. The van der Waals surface area contributed by atoms with Gasteiger partial charge in [0.2, 0.25) is 10.0 Å². The van der Waals surface area contributed by atoms with Crippen molar-refractivity contribution in [2.45, 2.75) is 18.6 Å². The maximum Gasteiger partial charge on any atom is 0.218 e. The molecule has 0 spiro atoms. The first-order chi connectivity index (χ1) is 12.4. The molecule has 2 aromatic carbocycles. The van der Waals surface area contributed by atoms with Crippen LogP contribution in [0.25, 0.3) is 0 Å². The molecule has 0 saturated carbocycles. The van der Waals surface area contributed by atoms with Gasteiger partial charge in [-0.3, -0.25) is 0 Å². The number of hydrogen-bond acceptors (Lipinski definition) is 3. The summed E-state index contributed by atoms with van der Waals surface area (Å²) in [5.74, 6) is -0.794. The predicted octanol–water partition coefficient (Wildman–Crippen LogP) is 3.59. The van der Waals surface area contributed by atoms with Crippen LogP contribution in [-0.2, 0) is 15.8 Å². The van der Waals surface area contributed by atoms with Gasteiger partial charge in [0, 0.05) is 19.0 Å². The third kappa shape index (κ3) is 4.80. The minimum absolute atomic E-state index is 0.00588. The van der Waals surface area contributed by atoms with E-state index >= 15 is 0 Å². The molecule has 1 fully saturated rings. The van der Waals surface area contributed by atoms with E-state index in [1.165, 1.54) is 34.6 Å². The average molecular weight is 381 g/mol. The number of hydrogen-bond donors (Lipinski definition) is 0. The number of halogens is 2. The van der Waals surface area contributed by atoms with Crippen LogP contribution < -0.4 is 4.74 Å². The van der Waals surface area contributed by atoms with Gasteiger partial charge >= 0.3 is 0 Å². The Morgan fingerprint density at radius 3 is 2.54 bits per heavy atom. The summed E-state index contributed by atoms with van der Waals surface area (Å²) in [7, 11) is -3.49. The van der Waals surface area contributed by atoms with Gasteiger partial charge in [0.25, 0.3) is 0 Å². The number of para-hydroxylation sites is 1. The van der Waals surface area contributed by atoms with Crippen molar-refractivity contribution in [1.82, 2.24) is 4.31 Å². The summed E-state index contributed by atoms with van der Waals surface area (Å²) in [6, 6.07) is 11.6. The minimum Gasteiger partial charge on any atom is -0.490 e. The van der Waals surface area contributed by atoms with Crippen LogP contribution in [0.1, 0.15) is 18.4 Å². The van der Waals surface area contributed by atoms with Crippen LogP contribution in [0.3, 0.4) is 0 Å². The zero-order valence-electron chi connectivity index (χ0n) is 14.3. The van der Waals surface area contributed by atoms with Crippen LogP contribution in [0.5, 0.6) is 5.75 Å². The summed E-state index contributed by atoms with van der Waals surface area (Å²) in [6.45, 7) is 1.07. The molecule has 0 amide bonds. The molecule has 0 N–H and O–H groups in total. The second-order valence-electron chi connectivity index (χ2n) is 6.49. The Morgan fingerprint density at radius 2 is 1.81 bits per heavy atom. The number of sulfonamides is 1. The van der Waals surface area contributed by atoms with Crippen LogP contribution in [0.2, 0.25) is 0 Å². The molecule has 1 atom stereocenters. The fraction of sp³-hybridized carbons (Fsp3) is 0.368. The highest BCUT2D eigenvalue weighted by Gasteiger charge is 2.29. The van der Waals surface area contributed by atoms with Gasteiger partial charge in [0.15, 0.2) is 11.6 Å². The smallest absolute Gasteiger partial charge is 0.218 e. The second-order valence-corrected chi connectivity index (χ2v) is 8.46. The van der Waals surface area contributed by atoms with Gasteiger partial charge in [-0.1, -0.05) is 24.3 Å². The lowest BCUT2D eigenvalue weighted by Gasteiger charge is -2.31. The monoisotopic (exact) mass is 381 g/mol. The molecule has 1 aliphatic rings. The Morgan fingerprint density at radius 1 is 1.08 bits per heavy atom.